The third-order valence-corrected chi connectivity index (χ3v) is 6.03. The summed E-state index contributed by atoms with van der Waals surface area (Å²) in [5.74, 6) is -1.85. The average Bonchev–Trinajstić information content (AvgIpc) is 3.15. The Morgan fingerprint density at radius 1 is 1.16 bits per heavy atom. The molecule has 1 aromatic heterocycles. The van der Waals surface area contributed by atoms with Crippen molar-refractivity contribution in [2.45, 2.75) is 32.1 Å². The number of nitrogens with one attached hydrogen (secondary N) is 2. The lowest BCUT2D eigenvalue weighted by atomic mass is 10.1. The highest BCUT2D eigenvalue weighted by Crippen LogP contribution is 2.27. The molecule has 0 saturated heterocycles. The standard InChI is InChI=1S/C21H20BrF2N5O2S/c1-3-29-17(10-25-20(31)13-6-4-12(2)5-7-13)27-28-21(29)32-11-18(30)26-19-15(22)8-14(23)9-16(19)24/h4-9H,3,10-11H2,1-2H3,(H,25,31)(H,26,30). The van der Waals surface area contributed by atoms with Gasteiger partial charge in [-0.25, -0.2) is 8.78 Å². The first-order valence-corrected chi connectivity index (χ1v) is 11.4. The molecule has 168 valence electrons. The molecule has 0 spiro atoms. The van der Waals surface area contributed by atoms with Crippen molar-refractivity contribution in [2.75, 3.05) is 11.1 Å². The van der Waals surface area contributed by atoms with Crippen LogP contribution in [0.2, 0.25) is 0 Å². The lowest BCUT2D eigenvalue weighted by molar-refractivity contribution is -0.113. The molecule has 11 heteroatoms. The summed E-state index contributed by atoms with van der Waals surface area (Å²) in [5, 5.41) is 13.9. The van der Waals surface area contributed by atoms with E-state index < -0.39 is 17.5 Å². The van der Waals surface area contributed by atoms with Crippen molar-refractivity contribution in [1.29, 1.82) is 0 Å². The van der Waals surface area contributed by atoms with Crippen LogP contribution in [0.5, 0.6) is 0 Å². The first-order chi connectivity index (χ1) is 15.3. The zero-order valence-electron chi connectivity index (χ0n) is 17.3. The normalized spacial score (nSPS) is 10.8. The molecule has 0 bridgehead atoms. The first kappa shape index (κ1) is 23.9. The second-order valence-electron chi connectivity index (χ2n) is 6.77. The molecule has 32 heavy (non-hydrogen) atoms. The minimum absolute atomic E-state index is 0.0584. The smallest absolute Gasteiger partial charge is 0.251 e. The molecule has 0 aliphatic rings. The second-order valence-corrected chi connectivity index (χ2v) is 8.57. The minimum Gasteiger partial charge on any atom is -0.345 e. The molecular formula is C21H20BrF2N5O2S. The molecule has 0 aliphatic carbocycles. The molecule has 0 radical (unpaired) electrons. The number of benzene rings is 2. The van der Waals surface area contributed by atoms with Gasteiger partial charge in [-0.05, 0) is 48.0 Å². The molecule has 0 saturated carbocycles. The third kappa shape index (κ3) is 5.92. The summed E-state index contributed by atoms with van der Waals surface area (Å²) in [6, 6.07) is 8.98. The fourth-order valence-corrected chi connectivity index (χ4v) is 4.14. The number of halogens is 3. The minimum atomic E-state index is -0.876. The average molecular weight is 524 g/mol. The van der Waals surface area contributed by atoms with E-state index in [2.05, 4.69) is 36.8 Å². The molecule has 0 atom stereocenters. The number of amides is 2. The van der Waals surface area contributed by atoms with Gasteiger partial charge in [0.25, 0.3) is 5.91 Å². The van der Waals surface area contributed by atoms with E-state index in [1.807, 2.05) is 26.0 Å². The van der Waals surface area contributed by atoms with Gasteiger partial charge >= 0.3 is 0 Å². The number of thioether (sulfide) groups is 1. The lowest BCUT2D eigenvalue weighted by Crippen LogP contribution is -2.24. The highest BCUT2D eigenvalue weighted by molar-refractivity contribution is 9.10. The Balaban J connectivity index is 1.59. The molecular weight excluding hydrogens is 504 g/mol. The maximum atomic E-state index is 13.9. The summed E-state index contributed by atoms with van der Waals surface area (Å²) in [6.45, 7) is 4.54. The first-order valence-electron chi connectivity index (χ1n) is 9.62. The quantitative estimate of drug-likeness (QED) is 0.429. The van der Waals surface area contributed by atoms with Gasteiger partial charge < -0.3 is 15.2 Å². The number of aromatic nitrogens is 3. The molecule has 3 rings (SSSR count). The highest BCUT2D eigenvalue weighted by Gasteiger charge is 2.17. The van der Waals surface area contributed by atoms with E-state index in [0.29, 0.717) is 29.2 Å². The molecule has 2 N–H and O–H groups in total. The maximum absolute atomic E-state index is 13.9. The maximum Gasteiger partial charge on any atom is 0.251 e. The van der Waals surface area contributed by atoms with Crippen LogP contribution in [-0.2, 0) is 17.9 Å². The third-order valence-electron chi connectivity index (χ3n) is 4.43. The van der Waals surface area contributed by atoms with E-state index in [1.54, 1.807) is 16.7 Å². The van der Waals surface area contributed by atoms with E-state index in [4.69, 9.17) is 0 Å². The largest absolute Gasteiger partial charge is 0.345 e. The molecule has 7 nitrogen and oxygen atoms in total. The van der Waals surface area contributed by atoms with Crippen LogP contribution in [0.25, 0.3) is 0 Å². The lowest BCUT2D eigenvalue weighted by Gasteiger charge is -2.10. The molecule has 0 fully saturated rings. The Hall–Kier alpha value is -2.79. The Morgan fingerprint density at radius 3 is 2.53 bits per heavy atom. The van der Waals surface area contributed by atoms with Crippen LogP contribution in [-0.4, -0.2) is 32.3 Å². The van der Waals surface area contributed by atoms with Crippen molar-refractivity contribution in [3.05, 3.63) is 69.5 Å². The predicted octanol–water partition coefficient (Wildman–Crippen LogP) is 4.31. The summed E-state index contributed by atoms with van der Waals surface area (Å²) in [4.78, 5) is 24.6. The molecule has 0 unspecified atom stereocenters. The van der Waals surface area contributed by atoms with Crippen LogP contribution < -0.4 is 10.6 Å². The number of carbonyl (C=O) groups excluding carboxylic acids is 2. The van der Waals surface area contributed by atoms with Gasteiger partial charge in [0.2, 0.25) is 5.91 Å². The highest BCUT2D eigenvalue weighted by atomic mass is 79.9. The van der Waals surface area contributed by atoms with Gasteiger partial charge in [0, 0.05) is 22.6 Å². The summed E-state index contributed by atoms with van der Waals surface area (Å²) in [5.41, 5.74) is 1.48. The number of hydrogen-bond acceptors (Lipinski definition) is 5. The summed E-state index contributed by atoms with van der Waals surface area (Å²) in [6.07, 6.45) is 0. The number of aryl methyl sites for hydroxylation is 1. The van der Waals surface area contributed by atoms with Crippen molar-refractivity contribution < 1.29 is 18.4 Å². The van der Waals surface area contributed by atoms with Gasteiger partial charge in [0.1, 0.15) is 5.82 Å². The van der Waals surface area contributed by atoms with Crippen LogP contribution in [0.3, 0.4) is 0 Å². The predicted molar refractivity (Wildman–Crippen MR) is 121 cm³/mol. The van der Waals surface area contributed by atoms with Crippen molar-refractivity contribution in [3.63, 3.8) is 0 Å². The number of carbonyl (C=O) groups is 2. The van der Waals surface area contributed by atoms with Crippen molar-refractivity contribution in [3.8, 4) is 0 Å². The van der Waals surface area contributed by atoms with Crippen LogP contribution in [0.4, 0.5) is 14.5 Å². The fraction of sp³-hybridized carbons (Fsp3) is 0.238. The van der Waals surface area contributed by atoms with Crippen LogP contribution in [0.1, 0.15) is 28.7 Å². The van der Waals surface area contributed by atoms with Crippen LogP contribution >= 0.6 is 27.7 Å². The molecule has 2 aromatic carbocycles. The van der Waals surface area contributed by atoms with Gasteiger partial charge in [-0.15, -0.1) is 10.2 Å². The Morgan fingerprint density at radius 2 is 1.88 bits per heavy atom. The summed E-state index contributed by atoms with van der Waals surface area (Å²) in [7, 11) is 0. The summed E-state index contributed by atoms with van der Waals surface area (Å²) >= 11 is 4.16. The van der Waals surface area contributed by atoms with Crippen LogP contribution in [0.15, 0.2) is 46.0 Å². The Bertz CT molecular complexity index is 1110. The second kappa shape index (κ2) is 10.7. The van der Waals surface area contributed by atoms with Crippen molar-refractivity contribution in [2.24, 2.45) is 0 Å². The summed E-state index contributed by atoms with van der Waals surface area (Å²) < 4.78 is 29.0. The van der Waals surface area contributed by atoms with E-state index >= 15 is 0 Å². The molecule has 3 aromatic rings. The SMILES string of the molecule is CCn1c(CNC(=O)c2ccc(C)cc2)nnc1SCC(=O)Nc1c(F)cc(F)cc1Br. The van der Waals surface area contributed by atoms with E-state index in [0.717, 1.165) is 23.4 Å². The molecule has 2 amide bonds. The number of anilines is 1. The van der Waals surface area contributed by atoms with E-state index in [-0.39, 0.29) is 28.4 Å². The number of nitrogens with zero attached hydrogens (tertiary/aromatic N) is 3. The molecule has 1 heterocycles. The zero-order valence-corrected chi connectivity index (χ0v) is 19.7. The van der Waals surface area contributed by atoms with E-state index in [9.17, 15) is 18.4 Å². The number of hydrogen-bond donors (Lipinski definition) is 2. The zero-order chi connectivity index (χ0) is 23.3. The topological polar surface area (TPSA) is 88.9 Å². The van der Waals surface area contributed by atoms with E-state index in [1.165, 1.54) is 0 Å². The Kier molecular flexibility index (Phi) is 7.97. The fourth-order valence-electron chi connectivity index (χ4n) is 2.81. The van der Waals surface area contributed by atoms with Gasteiger partial charge in [0.05, 0.1) is 18.0 Å². The monoisotopic (exact) mass is 523 g/mol. The van der Waals surface area contributed by atoms with Gasteiger partial charge in [-0.1, -0.05) is 29.5 Å². The number of rotatable bonds is 8. The van der Waals surface area contributed by atoms with Gasteiger partial charge in [-0.2, -0.15) is 0 Å². The van der Waals surface area contributed by atoms with Crippen LogP contribution in [0, 0.1) is 18.6 Å². The van der Waals surface area contributed by atoms with Crippen molar-refractivity contribution in [1.82, 2.24) is 20.1 Å². The van der Waals surface area contributed by atoms with Crippen molar-refractivity contribution >= 4 is 45.2 Å². The Labute approximate surface area is 196 Å². The van der Waals surface area contributed by atoms with Gasteiger partial charge in [0.15, 0.2) is 16.8 Å². The molecule has 0 aliphatic heterocycles. The van der Waals surface area contributed by atoms with Gasteiger partial charge in [-0.3, -0.25) is 9.59 Å².